The van der Waals surface area contributed by atoms with Crippen molar-refractivity contribution in [2.75, 3.05) is 25.1 Å². The second kappa shape index (κ2) is 18.1. The molecule has 4 rings (SSSR count). The normalized spacial score (nSPS) is 18.6. The van der Waals surface area contributed by atoms with Crippen molar-refractivity contribution in [3.63, 3.8) is 0 Å². The van der Waals surface area contributed by atoms with Crippen LogP contribution < -0.4 is 15.4 Å². The molecule has 0 aliphatic carbocycles. The Balaban J connectivity index is 1.79. The summed E-state index contributed by atoms with van der Waals surface area (Å²) in [5.41, 5.74) is 0.166. The molecule has 0 unspecified atom stereocenters. The van der Waals surface area contributed by atoms with E-state index in [1.54, 1.807) is 59.9 Å². The van der Waals surface area contributed by atoms with Gasteiger partial charge in [-0.1, -0.05) is 32.0 Å². The molecule has 2 amide bonds. The van der Waals surface area contributed by atoms with Gasteiger partial charge in [0, 0.05) is 31.6 Å². The molecule has 1 aromatic carbocycles. The van der Waals surface area contributed by atoms with E-state index in [9.17, 15) is 19.2 Å². The fourth-order valence-corrected chi connectivity index (χ4v) is 5.24. The minimum absolute atomic E-state index is 0.0496. The van der Waals surface area contributed by atoms with Gasteiger partial charge in [0.05, 0.1) is 25.2 Å². The Morgan fingerprint density at radius 2 is 1.63 bits per heavy atom. The maximum absolute atomic E-state index is 13.8. The highest BCUT2D eigenvalue weighted by atomic mass is 16.6. The van der Waals surface area contributed by atoms with E-state index in [2.05, 4.69) is 15.6 Å². The third-order valence-corrected chi connectivity index (χ3v) is 7.78. The largest absolute Gasteiger partial charge is 0.494 e. The highest BCUT2D eigenvalue weighted by molar-refractivity contribution is 5.89. The molecule has 1 aromatic heterocycles. The Kier molecular flexibility index (Phi) is 14.6. The lowest BCUT2D eigenvalue weighted by Crippen LogP contribution is -2.45. The van der Waals surface area contributed by atoms with E-state index in [4.69, 9.17) is 18.9 Å². The van der Waals surface area contributed by atoms with Crippen LogP contribution in [-0.4, -0.2) is 65.8 Å². The van der Waals surface area contributed by atoms with Gasteiger partial charge in [0.25, 0.3) is 0 Å². The number of aromatic nitrogens is 1. The molecule has 0 spiro atoms. The zero-order valence-electron chi connectivity index (χ0n) is 30.4. The number of hydrogen-bond acceptors (Lipinski definition) is 9. The lowest BCUT2D eigenvalue weighted by molar-refractivity contribution is -0.161. The molecule has 0 radical (unpaired) electrons. The molecule has 3 atom stereocenters. The minimum atomic E-state index is -0.805. The first-order valence-electron chi connectivity index (χ1n) is 17.3. The topological polar surface area (TPSA) is 142 Å². The van der Waals surface area contributed by atoms with Gasteiger partial charge in [0.2, 0.25) is 5.91 Å². The monoisotopic (exact) mass is 681 g/mol. The molecule has 0 fully saturated rings. The van der Waals surface area contributed by atoms with Gasteiger partial charge in [-0.2, -0.15) is 0 Å². The molecular weight excluding hydrogens is 626 g/mol. The van der Waals surface area contributed by atoms with Crippen LogP contribution in [0.25, 0.3) is 0 Å². The highest BCUT2D eigenvalue weighted by Crippen LogP contribution is 2.24. The van der Waals surface area contributed by atoms with E-state index in [1.807, 2.05) is 38.1 Å². The first kappa shape index (κ1) is 39.4. The number of fused-ring (bicyclic) bond motifs is 13. The van der Waals surface area contributed by atoms with Crippen molar-refractivity contribution in [2.24, 2.45) is 17.8 Å². The van der Waals surface area contributed by atoms with Gasteiger partial charge in [0.15, 0.2) is 0 Å². The summed E-state index contributed by atoms with van der Waals surface area (Å²) in [6, 6.07) is 10.7. The summed E-state index contributed by atoms with van der Waals surface area (Å²) in [6.07, 6.45) is 2.99. The number of rotatable bonds is 9. The molecule has 3 heterocycles. The number of ether oxygens (including phenoxy) is 4. The summed E-state index contributed by atoms with van der Waals surface area (Å²) >= 11 is 0. The van der Waals surface area contributed by atoms with Crippen LogP contribution in [0.3, 0.4) is 0 Å². The molecule has 270 valence electrons. The van der Waals surface area contributed by atoms with Crippen LogP contribution in [0.5, 0.6) is 5.75 Å². The van der Waals surface area contributed by atoms with Crippen LogP contribution in [0.4, 0.5) is 10.6 Å². The molecule has 2 N–H and O–H groups in total. The van der Waals surface area contributed by atoms with Gasteiger partial charge < -0.3 is 24.3 Å². The number of nitrogens with one attached hydrogen (secondary N) is 2. The van der Waals surface area contributed by atoms with Crippen LogP contribution >= 0.6 is 0 Å². The number of ketones is 1. The van der Waals surface area contributed by atoms with Crippen LogP contribution in [0.1, 0.15) is 92.2 Å². The van der Waals surface area contributed by atoms with E-state index >= 15 is 0 Å². The van der Waals surface area contributed by atoms with Gasteiger partial charge in [-0.25, -0.2) is 9.78 Å². The van der Waals surface area contributed by atoms with E-state index < -0.39 is 35.1 Å². The van der Waals surface area contributed by atoms with Gasteiger partial charge in [-0.05, 0) is 102 Å². The molecular formula is C38H55N3O8. The second-order valence-corrected chi connectivity index (χ2v) is 15.1. The Morgan fingerprint density at radius 1 is 0.959 bits per heavy atom. The SMILES string of the molecule is CC(C)[C@H]1COCCCCOc2ccc(cc2)C[C@@H](CC(=O)C[C@@H](Cc2ccc(NC(=O)OC(C)(C)C)nc2)C(=O)OC(C)(C)C)C(=O)N1. The zero-order chi connectivity index (χ0) is 36.2. The molecule has 2 aliphatic heterocycles. The number of carbonyl (C=O) groups is 4. The van der Waals surface area contributed by atoms with Gasteiger partial charge in [-0.15, -0.1) is 0 Å². The number of pyridine rings is 1. The molecule has 0 saturated heterocycles. The van der Waals surface area contributed by atoms with Crippen molar-refractivity contribution in [2.45, 2.75) is 111 Å². The van der Waals surface area contributed by atoms with Crippen molar-refractivity contribution in [1.29, 1.82) is 0 Å². The van der Waals surface area contributed by atoms with Crippen LogP contribution in [-0.2, 0) is 41.4 Å². The van der Waals surface area contributed by atoms with Crippen molar-refractivity contribution in [3.8, 4) is 5.75 Å². The van der Waals surface area contributed by atoms with Crippen LogP contribution in [0, 0.1) is 17.8 Å². The number of amides is 2. The molecule has 2 aliphatic rings. The van der Waals surface area contributed by atoms with E-state index in [0.29, 0.717) is 37.6 Å². The molecule has 0 saturated carbocycles. The minimum Gasteiger partial charge on any atom is -0.494 e. The van der Waals surface area contributed by atoms with Crippen molar-refractivity contribution in [3.05, 3.63) is 53.7 Å². The highest BCUT2D eigenvalue weighted by Gasteiger charge is 2.31. The summed E-state index contributed by atoms with van der Waals surface area (Å²) in [5, 5.41) is 5.73. The summed E-state index contributed by atoms with van der Waals surface area (Å²) in [5.74, 6) is -1.26. The Morgan fingerprint density at radius 3 is 2.24 bits per heavy atom. The number of Topliss-reactive ketones (excluding diaryl/α,β-unsaturated/α-hetero) is 1. The number of benzene rings is 1. The fourth-order valence-electron chi connectivity index (χ4n) is 5.24. The fraction of sp³-hybridized carbons (Fsp3) is 0.605. The van der Waals surface area contributed by atoms with E-state index in [0.717, 1.165) is 24.2 Å². The zero-order valence-corrected chi connectivity index (χ0v) is 30.4. The standard InChI is InChI=1S/C38H55N3O8/c1-25(2)32-24-46-17-9-10-18-47-31-14-11-26(12-15-31)19-28(34(43)40-32)21-30(42)22-29(35(44)48-37(3,4)5)20-27-13-16-33(39-23-27)41-36(45)49-38(6,7)8/h11-16,23,25,28-29,32H,9-10,17-22,24H2,1-8H3,(H,40,43)(H,39,41,45)/t28-,29+,32+/m0/s1. The smallest absolute Gasteiger partial charge is 0.413 e. The van der Waals surface area contributed by atoms with Crippen molar-refractivity contribution in [1.82, 2.24) is 10.3 Å². The number of hydrogen-bond donors (Lipinski definition) is 2. The van der Waals surface area contributed by atoms with E-state index in [1.165, 1.54) is 0 Å². The maximum Gasteiger partial charge on any atom is 0.413 e. The number of anilines is 1. The summed E-state index contributed by atoms with van der Waals surface area (Å²) in [7, 11) is 0. The third-order valence-electron chi connectivity index (χ3n) is 7.78. The van der Waals surface area contributed by atoms with Crippen molar-refractivity contribution < 1.29 is 38.1 Å². The van der Waals surface area contributed by atoms with Gasteiger partial charge >= 0.3 is 12.1 Å². The summed E-state index contributed by atoms with van der Waals surface area (Å²) in [4.78, 5) is 57.3. The average molecular weight is 682 g/mol. The number of carbonyl (C=O) groups excluding carboxylic acids is 4. The predicted octanol–water partition coefficient (Wildman–Crippen LogP) is 6.47. The summed E-state index contributed by atoms with van der Waals surface area (Å²) in [6.45, 7) is 16.2. The first-order chi connectivity index (χ1) is 23.0. The van der Waals surface area contributed by atoms with Gasteiger partial charge in [0.1, 0.15) is 28.6 Å². The average Bonchev–Trinajstić information content (AvgIpc) is 2.98. The Bertz CT molecular complexity index is 1380. The second-order valence-electron chi connectivity index (χ2n) is 15.1. The lowest BCUT2D eigenvalue weighted by atomic mass is 9.88. The summed E-state index contributed by atoms with van der Waals surface area (Å²) < 4.78 is 22.7. The van der Waals surface area contributed by atoms with Gasteiger partial charge in [-0.3, -0.25) is 19.7 Å². The first-order valence-corrected chi connectivity index (χ1v) is 17.3. The molecule has 2 aromatic rings. The quantitative estimate of drug-likeness (QED) is 0.285. The molecule has 11 nitrogen and oxygen atoms in total. The van der Waals surface area contributed by atoms with E-state index in [-0.39, 0.29) is 42.9 Å². The Labute approximate surface area is 291 Å². The molecule has 11 heteroatoms. The molecule has 49 heavy (non-hydrogen) atoms. The number of nitrogens with zero attached hydrogens (tertiary/aromatic N) is 1. The number of esters is 1. The van der Waals surface area contributed by atoms with Crippen LogP contribution in [0.2, 0.25) is 0 Å². The lowest BCUT2D eigenvalue weighted by Gasteiger charge is -2.26. The molecule has 2 bridgehead atoms. The van der Waals surface area contributed by atoms with Crippen molar-refractivity contribution >= 4 is 29.6 Å². The third kappa shape index (κ3) is 15.0. The predicted molar refractivity (Wildman–Crippen MR) is 187 cm³/mol. The van der Waals surface area contributed by atoms with Crippen LogP contribution in [0.15, 0.2) is 42.6 Å². The maximum atomic E-state index is 13.8. The Hall–Kier alpha value is -3.99.